The van der Waals surface area contributed by atoms with Gasteiger partial charge in [0.25, 0.3) is 5.91 Å². The molecule has 28 heavy (non-hydrogen) atoms. The molecule has 0 aromatic heterocycles. The fourth-order valence-corrected chi connectivity index (χ4v) is 2.91. The lowest BCUT2D eigenvalue weighted by Gasteiger charge is -2.12. The first-order valence-electron chi connectivity index (χ1n) is 9.56. The van der Waals surface area contributed by atoms with Gasteiger partial charge in [-0.3, -0.25) is 4.79 Å². The largest absolute Gasteiger partial charge is 0.494 e. The Morgan fingerprint density at radius 1 is 0.893 bits per heavy atom. The van der Waals surface area contributed by atoms with Gasteiger partial charge in [0.05, 0.1) is 18.8 Å². The predicted octanol–water partition coefficient (Wildman–Crippen LogP) is 5.35. The highest BCUT2D eigenvalue weighted by atomic mass is 16.5. The van der Waals surface area contributed by atoms with Crippen molar-refractivity contribution in [3.8, 4) is 11.5 Å². The maximum atomic E-state index is 12.6. The average Bonchev–Trinajstić information content (AvgIpc) is 2.73. The van der Waals surface area contributed by atoms with Crippen molar-refractivity contribution >= 4 is 11.6 Å². The summed E-state index contributed by atoms with van der Waals surface area (Å²) in [6.45, 7) is 3.03. The molecule has 3 aromatic carbocycles. The van der Waals surface area contributed by atoms with E-state index in [1.165, 1.54) is 5.56 Å². The lowest BCUT2D eigenvalue weighted by atomic mass is 10.1. The molecule has 1 N–H and O–H groups in total. The van der Waals surface area contributed by atoms with Crippen LogP contribution in [0.5, 0.6) is 11.5 Å². The van der Waals surface area contributed by atoms with Crippen molar-refractivity contribution in [3.05, 3.63) is 90.0 Å². The van der Waals surface area contributed by atoms with E-state index in [0.717, 1.165) is 18.6 Å². The molecule has 0 aliphatic heterocycles. The van der Waals surface area contributed by atoms with Gasteiger partial charge in [0.2, 0.25) is 0 Å². The van der Waals surface area contributed by atoms with Crippen molar-refractivity contribution in [2.75, 3.05) is 18.5 Å². The number of rotatable bonds is 9. The van der Waals surface area contributed by atoms with E-state index in [4.69, 9.17) is 9.47 Å². The lowest BCUT2D eigenvalue weighted by molar-refractivity contribution is 0.102. The molecule has 0 bridgehead atoms. The molecule has 144 valence electrons. The van der Waals surface area contributed by atoms with E-state index in [1.807, 2.05) is 61.5 Å². The monoisotopic (exact) mass is 375 g/mol. The van der Waals surface area contributed by atoms with Crippen molar-refractivity contribution in [1.82, 2.24) is 0 Å². The molecule has 1 amide bonds. The van der Waals surface area contributed by atoms with Gasteiger partial charge in [-0.05, 0) is 49.6 Å². The molecule has 0 radical (unpaired) electrons. The van der Waals surface area contributed by atoms with Gasteiger partial charge < -0.3 is 14.8 Å². The van der Waals surface area contributed by atoms with Crippen LogP contribution in [-0.2, 0) is 6.42 Å². The number of amides is 1. The van der Waals surface area contributed by atoms with E-state index in [9.17, 15) is 4.79 Å². The van der Waals surface area contributed by atoms with Crippen LogP contribution in [0.25, 0.3) is 0 Å². The van der Waals surface area contributed by atoms with Gasteiger partial charge >= 0.3 is 0 Å². The smallest absolute Gasteiger partial charge is 0.259 e. The fraction of sp³-hybridized carbons (Fsp3) is 0.208. The van der Waals surface area contributed by atoms with E-state index in [1.54, 1.807) is 12.1 Å². The summed E-state index contributed by atoms with van der Waals surface area (Å²) >= 11 is 0. The van der Waals surface area contributed by atoms with Crippen molar-refractivity contribution in [1.29, 1.82) is 0 Å². The first-order valence-corrected chi connectivity index (χ1v) is 9.56. The lowest BCUT2D eigenvalue weighted by Crippen LogP contribution is -2.13. The number of ether oxygens (including phenoxy) is 2. The summed E-state index contributed by atoms with van der Waals surface area (Å²) in [4.78, 5) is 12.6. The topological polar surface area (TPSA) is 47.6 Å². The number of benzene rings is 3. The molecule has 0 saturated carbocycles. The van der Waals surface area contributed by atoms with Crippen LogP contribution in [-0.4, -0.2) is 19.1 Å². The number of anilines is 1. The number of carbonyl (C=O) groups excluding carboxylic acids is 1. The number of hydrogen-bond donors (Lipinski definition) is 1. The minimum atomic E-state index is -0.203. The van der Waals surface area contributed by atoms with E-state index in [-0.39, 0.29) is 5.91 Å². The molecule has 0 saturated heterocycles. The second kappa shape index (κ2) is 10.2. The molecule has 0 aliphatic carbocycles. The van der Waals surface area contributed by atoms with Crippen LogP contribution in [0.2, 0.25) is 0 Å². The van der Waals surface area contributed by atoms with Crippen LogP contribution in [0.1, 0.15) is 29.3 Å². The Morgan fingerprint density at radius 2 is 1.68 bits per heavy atom. The summed E-state index contributed by atoms with van der Waals surface area (Å²) in [6.07, 6.45) is 1.91. The van der Waals surface area contributed by atoms with Crippen LogP contribution in [0.4, 0.5) is 5.69 Å². The SMILES string of the molecule is CCOc1ccccc1C(=O)Nc1cccc(OCCCc2ccccc2)c1. The van der Waals surface area contributed by atoms with Crippen LogP contribution in [0.15, 0.2) is 78.9 Å². The summed E-state index contributed by atoms with van der Waals surface area (Å²) in [6, 6.07) is 25.0. The van der Waals surface area contributed by atoms with Gasteiger partial charge in [-0.1, -0.05) is 48.5 Å². The Morgan fingerprint density at radius 3 is 2.50 bits per heavy atom. The zero-order valence-electron chi connectivity index (χ0n) is 16.1. The number of nitrogens with one attached hydrogen (secondary N) is 1. The summed E-state index contributed by atoms with van der Waals surface area (Å²) < 4.78 is 11.4. The van der Waals surface area contributed by atoms with Gasteiger partial charge in [-0.25, -0.2) is 0 Å². The van der Waals surface area contributed by atoms with E-state index in [2.05, 4.69) is 17.4 Å². The first kappa shape index (κ1) is 19.5. The Bertz CT molecular complexity index is 893. The molecule has 0 spiro atoms. The normalized spacial score (nSPS) is 10.3. The Labute approximate surface area is 166 Å². The van der Waals surface area contributed by atoms with Gasteiger partial charge in [-0.2, -0.15) is 0 Å². The molecule has 3 aromatic rings. The van der Waals surface area contributed by atoms with Gasteiger partial charge in [0.15, 0.2) is 0 Å². The minimum Gasteiger partial charge on any atom is -0.494 e. The molecular formula is C24H25NO3. The van der Waals surface area contributed by atoms with Crippen molar-refractivity contribution in [3.63, 3.8) is 0 Å². The summed E-state index contributed by atoms with van der Waals surface area (Å²) in [5, 5.41) is 2.91. The Balaban J connectivity index is 1.55. The zero-order chi connectivity index (χ0) is 19.6. The molecule has 4 nitrogen and oxygen atoms in total. The molecule has 0 atom stereocenters. The van der Waals surface area contributed by atoms with Crippen molar-refractivity contribution in [2.24, 2.45) is 0 Å². The standard InChI is InChI=1S/C24H25NO3/c1-2-27-23-16-7-6-15-22(23)24(26)25-20-13-8-14-21(18-20)28-17-9-12-19-10-4-3-5-11-19/h3-8,10-11,13-16,18H,2,9,12,17H2,1H3,(H,25,26). The average molecular weight is 375 g/mol. The molecular weight excluding hydrogens is 350 g/mol. The highest BCUT2D eigenvalue weighted by Crippen LogP contribution is 2.22. The third-order valence-corrected chi connectivity index (χ3v) is 4.24. The van der Waals surface area contributed by atoms with E-state index in [0.29, 0.717) is 30.2 Å². The second-order valence-corrected chi connectivity index (χ2v) is 6.35. The van der Waals surface area contributed by atoms with Crippen molar-refractivity contribution < 1.29 is 14.3 Å². The maximum Gasteiger partial charge on any atom is 0.259 e. The van der Waals surface area contributed by atoms with Crippen LogP contribution >= 0.6 is 0 Å². The van der Waals surface area contributed by atoms with Crippen molar-refractivity contribution in [2.45, 2.75) is 19.8 Å². The van der Waals surface area contributed by atoms with Gasteiger partial charge in [0, 0.05) is 11.8 Å². The first-order chi connectivity index (χ1) is 13.8. The Hall–Kier alpha value is -3.27. The van der Waals surface area contributed by atoms with Crippen LogP contribution in [0.3, 0.4) is 0 Å². The van der Waals surface area contributed by atoms with Gasteiger partial charge in [-0.15, -0.1) is 0 Å². The second-order valence-electron chi connectivity index (χ2n) is 6.35. The fourth-order valence-electron chi connectivity index (χ4n) is 2.91. The maximum absolute atomic E-state index is 12.6. The number of hydrogen-bond acceptors (Lipinski definition) is 3. The predicted molar refractivity (Wildman–Crippen MR) is 112 cm³/mol. The molecule has 0 aliphatic rings. The third-order valence-electron chi connectivity index (χ3n) is 4.24. The molecule has 4 heteroatoms. The van der Waals surface area contributed by atoms with E-state index < -0.39 is 0 Å². The van der Waals surface area contributed by atoms with E-state index >= 15 is 0 Å². The van der Waals surface area contributed by atoms with Crippen LogP contribution < -0.4 is 14.8 Å². The molecule has 0 unspecified atom stereocenters. The number of para-hydroxylation sites is 1. The number of aryl methyl sites for hydroxylation is 1. The quantitative estimate of drug-likeness (QED) is 0.513. The van der Waals surface area contributed by atoms with Gasteiger partial charge in [0.1, 0.15) is 11.5 Å². The summed E-state index contributed by atoms with van der Waals surface area (Å²) in [5.41, 5.74) is 2.51. The molecule has 3 rings (SSSR count). The highest BCUT2D eigenvalue weighted by Gasteiger charge is 2.12. The summed E-state index contributed by atoms with van der Waals surface area (Å²) in [7, 11) is 0. The molecule has 0 heterocycles. The molecule has 0 fully saturated rings. The minimum absolute atomic E-state index is 0.203. The highest BCUT2D eigenvalue weighted by molar-refractivity contribution is 6.06. The zero-order valence-corrected chi connectivity index (χ0v) is 16.1. The van der Waals surface area contributed by atoms with Crippen LogP contribution in [0, 0.1) is 0 Å². The Kier molecular flexibility index (Phi) is 7.08. The third kappa shape index (κ3) is 5.61. The number of carbonyl (C=O) groups is 1. The summed E-state index contributed by atoms with van der Waals surface area (Å²) in [5.74, 6) is 1.12.